The number of carbonyl (C=O) groups excluding carboxylic acids is 1. The minimum Gasteiger partial charge on any atom is -0.289 e. The molecular weight excluding hydrogens is 346 g/mol. The molecule has 0 aliphatic rings. The lowest BCUT2D eigenvalue weighted by atomic mass is 10.00. The molecule has 0 saturated heterocycles. The maximum absolute atomic E-state index is 12.5. The van der Waals surface area contributed by atoms with Crippen LogP contribution in [-0.4, -0.2) is 18.1 Å². The van der Waals surface area contributed by atoms with Crippen LogP contribution in [0.15, 0.2) is 48.0 Å². The van der Waals surface area contributed by atoms with Crippen molar-refractivity contribution in [3.63, 3.8) is 0 Å². The van der Waals surface area contributed by atoms with Gasteiger partial charge in [0.2, 0.25) is 0 Å². The van der Waals surface area contributed by atoms with E-state index in [1.54, 1.807) is 6.07 Å². The first kappa shape index (κ1) is 17.3. The van der Waals surface area contributed by atoms with Gasteiger partial charge in [-0.2, -0.15) is 26.3 Å². The number of hydrogen-bond acceptors (Lipinski definition) is 1. The Hall–Kier alpha value is -2.02. The van der Waals surface area contributed by atoms with Gasteiger partial charge in [0.05, 0.1) is 0 Å². The molecule has 2 rings (SSSR count). The predicted octanol–water partition coefficient (Wildman–Crippen LogP) is 5.73. The molecule has 0 N–H and O–H groups in total. The molecule has 0 aliphatic carbocycles. The zero-order valence-electron chi connectivity index (χ0n) is 11.1. The Balaban J connectivity index is 2.61. The number of rotatable bonds is 2. The maximum atomic E-state index is 12.5. The van der Waals surface area contributed by atoms with E-state index in [0.717, 1.165) is 6.07 Å². The van der Waals surface area contributed by atoms with Crippen molar-refractivity contribution in [3.8, 4) is 0 Å². The zero-order valence-corrected chi connectivity index (χ0v) is 11.9. The van der Waals surface area contributed by atoms with Gasteiger partial charge in [0.1, 0.15) is 5.57 Å². The van der Waals surface area contributed by atoms with Crippen LogP contribution in [0, 0.1) is 0 Å². The van der Waals surface area contributed by atoms with E-state index < -0.39 is 29.8 Å². The second kappa shape index (κ2) is 5.88. The topological polar surface area (TPSA) is 17.1 Å². The minimum absolute atomic E-state index is 0.171. The Morgan fingerprint density at radius 2 is 1.39 bits per heavy atom. The normalized spacial score (nSPS) is 12.3. The summed E-state index contributed by atoms with van der Waals surface area (Å²) in [5.74, 6) is -1.40. The van der Waals surface area contributed by atoms with Crippen molar-refractivity contribution < 1.29 is 31.1 Å². The molecule has 8 heteroatoms. The molecule has 0 unspecified atom stereocenters. The Morgan fingerprint density at radius 1 is 0.870 bits per heavy atom. The van der Waals surface area contributed by atoms with Gasteiger partial charge in [-0.3, -0.25) is 4.79 Å². The number of benzene rings is 2. The first-order chi connectivity index (χ1) is 10.5. The third kappa shape index (κ3) is 3.67. The average Bonchev–Trinajstić information content (AvgIpc) is 2.43. The maximum Gasteiger partial charge on any atom is 0.421 e. The van der Waals surface area contributed by atoms with E-state index in [0.29, 0.717) is 5.39 Å². The lowest BCUT2D eigenvalue weighted by Crippen LogP contribution is -2.27. The van der Waals surface area contributed by atoms with Gasteiger partial charge in [-0.25, -0.2) is 0 Å². The number of halogens is 7. The third-order valence-electron chi connectivity index (χ3n) is 3.02. The van der Waals surface area contributed by atoms with Crippen molar-refractivity contribution in [2.24, 2.45) is 0 Å². The number of fused-ring (bicyclic) bond motifs is 1. The lowest BCUT2D eigenvalue weighted by molar-refractivity contribution is -0.171. The smallest absolute Gasteiger partial charge is 0.289 e. The van der Waals surface area contributed by atoms with Crippen molar-refractivity contribution in [1.82, 2.24) is 0 Å². The molecule has 0 saturated carbocycles. The Kier molecular flexibility index (Phi) is 4.43. The molecule has 0 radical (unpaired) electrons. The number of ketones is 1. The molecule has 0 bridgehead atoms. The van der Waals surface area contributed by atoms with Crippen LogP contribution in [0.3, 0.4) is 0 Å². The van der Waals surface area contributed by atoms with Crippen LogP contribution < -0.4 is 0 Å². The quantitative estimate of drug-likeness (QED) is 0.383. The van der Waals surface area contributed by atoms with Crippen molar-refractivity contribution in [2.75, 3.05) is 0 Å². The van der Waals surface area contributed by atoms with Gasteiger partial charge < -0.3 is 0 Å². The predicted molar refractivity (Wildman–Crippen MR) is 73.5 cm³/mol. The molecule has 0 spiro atoms. The summed E-state index contributed by atoms with van der Waals surface area (Å²) in [5, 5.41) is 0.756. The number of hydrogen-bond donors (Lipinski definition) is 0. The Labute approximate surface area is 131 Å². The Bertz CT molecular complexity index is 773. The van der Waals surface area contributed by atoms with Gasteiger partial charge in [-0.1, -0.05) is 35.9 Å². The molecule has 0 atom stereocenters. The number of alkyl halides is 6. The van der Waals surface area contributed by atoms with Gasteiger partial charge in [-0.15, -0.1) is 0 Å². The molecular formula is C15H7ClF6O. The molecule has 0 aromatic heterocycles. The Morgan fingerprint density at radius 3 is 1.91 bits per heavy atom. The van der Waals surface area contributed by atoms with Crippen LogP contribution in [0.1, 0.15) is 10.4 Å². The van der Waals surface area contributed by atoms with Crippen LogP contribution in [0.5, 0.6) is 0 Å². The molecule has 0 amide bonds. The summed E-state index contributed by atoms with van der Waals surface area (Å²) in [5.41, 5.74) is -3.15. The van der Waals surface area contributed by atoms with Crippen molar-refractivity contribution in [2.45, 2.75) is 12.4 Å². The highest BCUT2D eigenvalue weighted by molar-refractivity contribution is 6.36. The second-order valence-electron chi connectivity index (χ2n) is 4.56. The van der Waals surface area contributed by atoms with Gasteiger partial charge in [0, 0.05) is 22.0 Å². The van der Waals surface area contributed by atoms with Gasteiger partial charge >= 0.3 is 12.4 Å². The lowest BCUT2D eigenvalue weighted by Gasteiger charge is -2.14. The average molecular weight is 353 g/mol. The number of carbonyl (C=O) groups is 1. The fourth-order valence-corrected chi connectivity index (χ4v) is 2.24. The van der Waals surface area contributed by atoms with Crippen LogP contribution in [0.2, 0.25) is 5.02 Å². The largest absolute Gasteiger partial charge is 0.421 e. The second-order valence-corrected chi connectivity index (χ2v) is 4.97. The molecule has 0 heterocycles. The molecule has 0 aliphatic heterocycles. The van der Waals surface area contributed by atoms with Crippen LogP contribution in [0.4, 0.5) is 26.3 Å². The van der Waals surface area contributed by atoms with E-state index in [1.807, 2.05) is 0 Å². The molecule has 1 nitrogen and oxygen atoms in total. The molecule has 0 fully saturated rings. The van der Waals surface area contributed by atoms with Crippen molar-refractivity contribution in [1.29, 1.82) is 0 Å². The van der Waals surface area contributed by atoms with Gasteiger partial charge in [0.15, 0.2) is 5.78 Å². The summed E-state index contributed by atoms with van der Waals surface area (Å²) in [7, 11) is 0. The molecule has 122 valence electrons. The fourth-order valence-electron chi connectivity index (χ4n) is 2.01. The van der Waals surface area contributed by atoms with Gasteiger partial charge in [-0.05, 0) is 17.5 Å². The zero-order chi connectivity index (χ0) is 17.4. The van der Waals surface area contributed by atoms with E-state index in [1.165, 1.54) is 24.3 Å². The SMILES string of the molecule is O=C(C=C(C(F)(F)F)C(F)(F)F)c1ccc(Cl)c2ccccc12. The van der Waals surface area contributed by atoms with E-state index in [9.17, 15) is 31.1 Å². The highest BCUT2D eigenvalue weighted by atomic mass is 35.5. The highest BCUT2D eigenvalue weighted by Gasteiger charge is 2.51. The summed E-state index contributed by atoms with van der Waals surface area (Å²) in [6, 6.07) is 8.30. The summed E-state index contributed by atoms with van der Waals surface area (Å²) >= 11 is 5.90. The monoisotopic (exact) mass is 352 g/mol. The van der Waals surface area contributed by atoms with E-state index in [4.69, 9.17) is 11.6 Å². The molecule has 23 heavy (non-hydrogen) atoms. The standard InChI is InChI=1S/C15H7ClF6O/c16-11-6-5-10(8-3-1-2-4-9(8)11)12(23)7-13(14(17,18)19)15(20,21)22/h1-7H. The fraction of sp³-hybridized carbons (Fsp3) is 0.133. The number of allylic oxidation sites excluding steroid dienone is 2. The minimum atomic E-state index is -5.68. The first-order valence-electron chi connectivity index (χ1n) is 6.09. The van der Waals surface area contributed by atoms with Crippen LogP contribution >= 0.6 is 11.6 Å². The summed E-state index contributed by atoms with van der Waals surface area (Å²) in [4.78, 5) is 12.0. The van der Waals surface area contributed by atoms with Crippen molar-refractivity contribution in [3.05, 3.63) is 58.6 Å². The van der Waals surface area contributed by atoms with Gasteiger partial charge in [0.25, 0.3) is 0 Å². The molecule has 2 aromatic carbocycles. The van der Waals surface area contributed by atoms with Crippen LogP contribution in [0.25, 0.3) is 10.8 Å². The summed E-state index contributed by atoms with van der Waals surface area (Å²) in [6.07, 6.45) is -11.8. The van der Waals surface area contributed by atoms with Crippen LogP contribution in [-0.2, 0) is 0 Å². The van der Waals surface area contributed by atoms with E-state index in [-0.39, 0.29) is 16.0 Å². The van der Waals surface area contributed by atoms with Crippen molar-refractivity contribution >= 4 is 28.2 Å². The summed E-state index contributed by atoms with van der Waals surface area (Å²) < 4.78 is 75.1. The van der Waals surface area contributed by atoms with E-state index in [2.05, 4.69) is 0 Å². The van der Waals surface area contributed by atoms with E-state index >= 15 is 0 Å². The first-order valence-corrected chi connectivity index (χ1v) is 6.47. The third-order valence-corrected chi connectivity index (χ3v) is 3.35. The molecule has 2 aromatic rings. The summed E-state index contributed by atoms with van der Waals surface area (Å²) in [6.45, 7) is 0. The highest BCUT2D eigenvalue weighted by Crippen LogP contribution is 2.39.